The molecule has 0 aliphatic heterocycles. The Labute approximate surface area is 243 Å². The van der Waals surface area contributed by atoms with Crippen LogP contribution in [-0.4, -0.2) is 62.1 Å². The zero-order chi connectivity index (χ0) is 29.4. The Bertz CT molecular complexity index is 1500. The standard InChI is InChI=1S/C32H32N2O6S/c1-33(29-13-8-18-41-29)31(37)27-11-6-4-9-25(27)26-10-5-7-12-28(26)32(38)34(17-15-30(35)36)16-14-22-19-23(39-2)21-24(20-22)40-3/h4-13,18-21H,14-17H2,1-3H3,(H,35,36). The highest BCUT2D eigenvalue weighted by Gasteiger charge is 2.24. The van der Waals surface area contributed by atoms with Crippen LogP contribution in [0.4, 0.5) is 5.00 Å². The van der Waals surface area contributed by atoms with Gasteiger partial charge in [0.2, 0.25) is 0 Å². The van der Waals surface area contributed by atoms with Gasteiger partial charge in [-0.3, -0.25) is 14.4 Å². The van der Waals surface area contributed by atoms with Gasteiger partial charge in [-0.15, -0.1) is 11.3 Å². The summed E-state index contributed by atoms with van der Waals surface area (Å²) in [6.45, 7) is 0.309. The highest BCUT2D eigenvalue weighted by atomic mass is 32.1. The summed E-state index contributed by atoms with van der Waals surface area (Å²) in [6, 6.07) is 23.6. The third-order valence-electron chi connectivity index (χ3n) is 6.71. The van der Waals surface area contributed by atoms with Crippen molar-refractivity contribution in [2.75, 3.05) is 39.3 Å². The molecule has 1 heterocycles. The summed E-state index contributed by atoms with van der Waals surface area (Å²) in [4.78, 5) is 42.2. The molecule has 0 aliphatic carbocycles. The SMILES string of the molecule is COc1cc(CCN(CCC(=O)O)C(=O)c2ccccc2-c2ccccc2C(=O)N(C)c2cccs2)cc(OC)c1. The van der Waals surface area contributed by atoms with E-state index in [1.807, 2.05) is 53.9 Å². The average molecular weight is 573 g/mol. The van der Waals surface area contributed by atoms with Crippen molar-refractivity contribution in [3.63, 3.8) is 0 Å². The number of nitrogens with zero attached hydrogens (tertiary/aromatic N) is 2. The van der Waals surface area contributed by atoms with Crippen LogP contribution in [0.5, 0.6) is 11.5 Å². The van der Waals surface area contributed by atoms with Crippen molar-refractivity contribution in [2.45, 2.75) is 12.8 Å². The lowest BCUT2D eigenvalue weighted by molar-refractivity contribution is -0.137. The van der Waals surface area contributed by atoms with Gasteiger partial charge in [-0.1, -0.05) is 36.4 Å². The maximum absolute atomic E-state index is 14.0. The molecule has 2 amide bonds. The third kappa shape index (κ3) is 7.12. The van der Waals surface area contributed by atoms with Crippen LogP contribution in [0.3, 0.4) is 0 Å². The predicted octanol–water partition coefficient (Wildman–Crippen LogP) is 5.87. The fourth-order valence-corrected chi connectivity index (χ4v) is 5.24. The number of amides is 2. The number of hydrogen-bond acceptors (Lipinski definition) is 6. The van der Waals surface area contributed by atoms with Crippen molar-refractivity contribution in [1.29, 1.82) is 0 Å². The van der Waals surface area contributed by atoms with Crippen LogP contribution in [0.2, 0.25) is 0 Å². The van der Waals surface area contributed by atoms with Crippen LogP contribution in [0.15, 0.2) is 84.2 Å². The number of carbonyl (C=O) groups excluding carboxylic acids is 2. The summed E-state index contributed by atoms with van der Waals surface area (Å²) in [6.07, 6.45) is 0.262. The fraction of sp³-hybridized carbons (Fsp3) is 0.219. The molecule has 0 fully saturated rings. The van der Waals surface area contributed by atoms with Gasteiger partial charge < -0.3 is 24.4 Å². The van der Waals surface area contributed by atoms with E-state index in [1.165, 1.54) is 11.3 Å². The lowest BCUT2D eigenvalue weighted by atomic mass is 9.94. The molecule has 212 valence electrons. The minimum absolute atomic E-state index is 0.0330. The summed E-state index contributed by atoms with van der Waals surface area (Å²) >= 11 is 1.46. The van der Waals surface area contributed by atoms with E-state index < -0.39 is 5.97 Å². The lowest BCUT2D eigenvalue weighted by Gasteiger charge is -2.24. The molecule has 41 heavy (non-hydrogen) atoms. The molecule has 4 rings (SSSR count). The molecule has 0 unspecified atom stereocenters. The van der Waals surface area contributed by atoms with Gasteiger partial charge in [0.1, 0.15) is 11.5 Å². The molecule has 0 spiro atoms. The van der Waals surface area contributed by atoms with E-state index in [1.54, 1.807) is 61.4 Å². The molecule has 9 heteroatoms. The molecule has 0 radical (unpaired) electrons. The minimum Gasteiger partial charge on any atom is -0.497 e. The summed E-state index contributed by atoms with van der Waals surface area (Å²) in [5, 5.41) is 12.1. The second-order valence-electron chi connectivity index (χ2n) is 9.31. The number of hydrogen-bond donors (Lipinski definition) is 1. The van der Waals surface area contributed by atoms with Gasteiger partial charge in [-0.25, -0.2) is 0 Å². The van der Waals surface area contributed by atoms with Crippen molar-refractivity contribution in [1.82, 2.24) is 4.90 Å². The van der Waals surface area contributed by atoms with E-state index in [2.05, 4.69) is 0 Å². The zero-order valence-corrected chi connectivity index (χ0v) is 24.0. The summed E-state index contributed by atoms with van der Waals surface area (Å²) < 4.78 is 10.7. The maximum Gasteiger partial charge on any atom is 0.305 e. The van der Waals surface area contributed by atoms with Crippen LogP contribution in [0.1, 0.15) is 32.7 Å². The van der Waals surface area contributed by atoms with Gasteiger partial charge in [0.15, 0.2) is 0 Å². The molecule has 3 aromatic carbocycles. The normalized spacial score (nSPS) is 10.6. The topological polar surface area (TPSA) is 96.4 Å². The number of anilines is 1. The average Bonchev–Trinajstić information content (AvgIpc) is 3.55. The van der Waals surface area contributed by atoms with Crippen LogP contribution in [-0.2, 0) is 11.2 Å². The van der Waals surface area contributed by atoms with Gasteiger partial charge in [-0.05, 0) is 64.9 Å². The molecular formula is C32H32N2O6S. The number of thiophene rings is 1. The first kappa shape index (κ1) is 29.4. The Balaban J connectivity index is 1.67. The number of carboxylic acids is 1. The molecule has 8 nitrogen and oxygen atoms in total. The molecule has 0 saturated carbocycles. The molecule has 4 aromatic rings. The monoisotopic (exact) mass is 572 g/mol. The van der Waals surface area contributed by atoms with Gasteiger partial charge in [0.05, 0.1) is 25.6 Å². The number of aliphatic carboxylic acids is 1. The summed E-state index contributed by atoms with van der Waals surface area (Å²) in [5.41, 5.74) is 2.96. The Hall–Kier alpha value is -4.63. The van der Waals surface area contributed by atoms with Crippen molar-refractivity contribution in [3.8, 4) is 22.6 Å². The van der Waals surface area contributed by atoms with Crippen molar-refractivity contribution < 1.29 is 29.0 Å². The number of ether oxygens (including phenoxy) is 2. The van der Waals surface area contributed by atoms with E-state index in [9.17, 15) is 19.5 Å². The van der Waals surface area contributed by atoms with E-state index in [0.29, 0.717) is 40.2 Å². The van der Waals surface area contributed by atoms with Gasteiger partial charge in [0.25, 0.3) is 11.8 Å². The highest BCUT2D eigenvalue weighted by Crippen LogP contribution is 2.31. The number of carboxylic acid groups (broad SMARTS) is 1. The highest BCUT2D eigenvalue weighted by molar-refractivity contribution is 7.14. The fourth-order valence-electron chi connectivity index (χ4n) is 4.54. The maximum atomic E-state index is 14.0. The first-order valence-electron chi connectivity index (χ1n) is 13.1. The first-order chi connectivity index (χ1) is 19.8. The van der Waals surface area contributed by atoms with Gasteiger partial charge >= 0.3 is 5.97 Å². The zero-order valence-electron chi connectivity index (χ0n) is 23.2. The van der Waals surface area contributed by atoms with Crippen molar-refractivity contribution in [2.24, 2.45) is 0 Å². The van der Waals surface area contributed by atoms with Gasteiger partial charge in [-0.2, -0.15) is 0 Å². The van der Waals surface area contributed by atoms with E-state index in [-0.39, 0.29) is 31.3 Å². The van der Waals surface area contributed by atoms with Gasteiger partial charge in [0, 0.05) is 37.3 Å². The minimum atomic E-state index is -0.994. The molecule has 0 aliphatic rings. The molecular weight excluding hydrogens is 540 g/mol. The Morgan fingerprint density at radius 3 is 1.90 bits per heavy atom. The molecule has 0 bridgehead atoms. The largest absolute Gasteiger partial charge is 0.497 e. The molecule has 1 aromatic heterocycles. The summed E-state index contributed by atoms with van der Waals surface area (Å²) in [5.74, 6) is -0.249. The van der Waals surface area contributed by atoms with Crippen molar-refractivity contribution in [3.05, 3.63) is 101 Å². The van der Waals surface area contributed by atoms with Crippen LogP contribution < -0.4 is 14.4 Å². The molecule has 1 N–H and O–H groups in total. The van der Waals surface area contributed by atoms with E-state index in [4.69, 9.17) is 9.47 Å². The van der Waals surface area contributed by atoms with Crippen LogP contribution in [0, 0.1) is 0 Å². The quantitative estimate of drug-likeness (QED) is 0.228. The number of rotatable bonds is 12. The van der Waals surface area contributed by atoms with E-state index >= 15 is 0 Å². The number of benzene rings is 3. The second kappa shape index (κ2) is 13.6. The Morgan fingerprint density at radius 1 is 0.780 bits per heavy atom. The van der Waals surface area contributed by atoms with Crippen LogP contribution >= 0.6 is 11.3 Å². The molecule has 0 saturated heterocycles. The Kier molecular flexibility index (Phi) is 9.76. The first-order valence-corrected chi connectivity index (χ1v) is 13.9. The number of methoxy groups -OCH3 is 2. The summed E-state index contributed by atoms with van der Waals surface area (Å²) in [7, 11) is 4.86. The van der Waals surface area contributed by atoms with Crippen molar-refractivity contribution >= 4 is 34.1 Å². The smallest absolute Gasteiger partial charge is 0.305 e. The molecule has 0 atom stereocenters. The number of carbonyl (C=O) groups is 3. The third-order valence-corrected chi connectivity index (χ3v) is 7.66. The lowest BCUT2D eigenvalue weighted by Crippen LogP contribution is -2.35. The van der Waals surface area contributed by atoms with Crippen LogP contribution in [0.25, 0.3) is 11.1 Å². The predicted molar refractivity (Wildman–Crippen MR) is 160 cm³/mol. The Morgan fingerprint density at radius 2 is 1.37 bits per heavy atom. The van der Waals surface area contributed by atoms with E-state index in [0.717, 1.165) is 10.6 Å². The second-order valence-corrected chi connectivity index (χ2v) is 10.2.